The van der Waals surface area contributed by atoms with Gasteiger partial charge in [0.25, 0.3) is 0 Å². The number of carbonyl (C=O) groups is 1. The Morgan fingerprint density at radius 2 is 1.92 bits per heavy atom. The molecular formula is C21H27N3O2. The smallest absolute Gasteiger partial charge is 0.244 e. The van der Waals surface area contributed by atoms with Crippen LogP contribution < -0.4 is 5.32 Å². The van der Waals surface area contributed by atoms with Crippen molar-refractivity contribution in [2.45, 2.75) is 13.8 Å². The van der Waals surface area contributed by atoms with Crippen molar-refractivity contribution in [1.82, 2.24) is 14.8 Å². The number of aryl methyl sites for hydroxylation is 1. The molecule has 1 aromatic heterocycles. The van der Waals surface area contributed by atoms with Gasteiger partial charge in [-0.2, -0.15) is 0 Å². The Morgan fingerprint density at radius 3 is 2.65 bits per heavy atom. The molecule has 0 radical (unpaired) electrons. The van der Waals surface area contributed by atoms with Crippen LogP contribution in [-0.4, -0.2) is 54.8 Å². The fraction of sp³-hybridized carbons (Fsp3) is 0.381. The lowest BCUT2D eigenvalue weighted by Crippen LogP contribution is -2.41. The van der Waals surface area contributed by atoms with E-state index in [0.717, 1.165) is 55.5 Å². The van der Waals surface area contributed by atoms with Crippen molar-refractivity contribution in [3.8, 4) is 5.69 Å². The largest absolute Gasteiger partial charge is 0.379 e. The van der Waals surface area contributed by atoms with Gasteiger partial charge >= 0.3 is 0 Å². The molecule has 0 aliphatic carbocycles. The van der Waals surface area contributed by atoms with E-state index >= 15 is 0 Å². The van der Waals surface area contributed by atoms with E-state index in [0.29, 0.717) is 6.54 Å². The van der Waals surface area contributed by atoms with Crippen LogP contribution in [0.5, 0.6) is 0 Å². The molecule has 0 unspecified atom stereocenters. The number of benzene rings is 1. The van der Waals surface area contributed by atoms with Gasteiger partial charge in [0.1, 0.15) is 0 Å². The van der Waals surface area contributed by atoms with Gasteiger partial charge in [0.15, 0.2) is 0 Å². The third-order valence-electron chi connectivity index (χ3n) is 4.73. The van der Waals surface area contributed by atoms with Crippen molar-refractivity contribution in [1.29, 1.82) is 0 Å². The van der Waals surface area contributed by atoms with Gasteiger partial charge in [0, 0.05) is 49.3 Å². The van der Waals surface area contributed by atoms with E-state index in [1.165, 1.54) is 0 Å². The minimum Gasteiger partial charge on any atom is -0.379 e. The SMILES string of the molecule is Cc1cc(/C=C/C(=O)NCCN2CCOCC2)c(C)n1-c1ccccc1. The van der Waals surface area contributed by atoms with Gasteiger partial charge in [-0.25, -0.2) is 0 Å². The summed E-state index contributed by atoms with van der Waals surface area (Å²) in [4.78, 5) is 14.4. The minimum atomic E-state index is -0.0530. The number of nitrogens with one attached hydrogen (secondary N) is 1. The fourth-order valence-corrected chi connectivity index (χ4v) is 3.32. The number of carbonyl (C=O) groups excluding carboxylic acids is 1. The van der Waals surface area contributed by atoms with Crippen LogP contribution in [0.1, 0.15) is 17.0 Å². The summed E-state index contributed by atoms with van der Waals surface area (Å²) in [5, 5.41) is 2.96. The Bertz CT molecular complexity index is 759. The van der Waals surface area contributed by atoms with Gasteiger partial charge in [-0.15, -0.1) is 0 Å². The first-order valence-corrected chi connectivity index (χ1v) is 9.15. The van der Waals surface area contributed by atoms with E-state index < -0.39 is 0 Å². The van der Waals surface area contributed by atoms with Crippen LogP contribution in [0.4, 0.5) is 0 Å². The number of rotatable bonds is 6. The maximum Gasteiger partial charge on any atom is 0.244 e. The number of ether oxygens (including phenoxy) is 1. The summed E-state index contributed by atoms with van der Waals surface area (Å²) >= 11 is 0. The zero-order valence-corrected chi connectivity index (χ0v) is 15.6. The standard InChI is InChI=1S/C21H27N3O2/c1-17-16-19(18(2)24(17)20-6-4-3-5-7-20)8-9-21(25)22-10-11-23-12-14-26-15-13-23/h3-9,16H,10-15H2,1-2H3,(H,22,25)/b9-8+. The molecule has 1 aliphatic heterocycles. The minimum absolute atomic E-state index is 0.0530. The molecule has 0 atom stereocenters. The average Bonchev–Trinajstić information content (AvgIpc) is 2.95. The Morgan fingerprint density at radius 1 is 1.19 bits per heavy atom. The number of morpholine rings is 1. The highest BCUT2D eigenvalue weighted by atomic mass is 16.5. The van der Waals surface area contributed by atoms with Crippen LogP contribution in [0.3, 0.4) is 0 Å². The highest BCUT2D eigenvalue weighted by Crippen LogP contribution is 2.21. The van der Waals surface area contributed by atoms with Crippen molar-refractivity contribution in [3.05, 3.63) is 59.4 Å². The molecule has 5 heteroatoms. The lowest BCUT2D eigenvalue weighted by Gasteiger charge is -2.26. The van der Waals surface area contributed by atoms with Crippen molar-refractivity contribution >= 4 is 12.0 Å². The Balaban J connectivity index is 1.57. The molecule has 1 N–H and O–H groups in total. The zero-order valence-electron chi connectivity index (χ0n) is 15.6. The predicted octanol–water partition coefficient (Wildman–Crippen LogP) is 2.56. The fourth-order valence-electron chi connectivity index (χ4n) is 3.32. The van der Waals surface area contributed by atoms with Crippen LogP contribution in [0, 0.1) is 13.8 Å². The summed E-state index contributed by atoms with van der Waals surface area (Å²) in [6.45, 7) is 9.14. The van der Waals surface area contributed by atoms with E-state index in [2.05, 4.69) is 46.8 Å². The normalized spacial score (nSPS) is 15.5. The van der Waals surface area contributed by atoms with Crippen LogP contribution in [-0.2, 0) is 9.53 Å². The monoisotopic (exact) mass is 353 g/mol. The van der Waals surface area contributed by atoms with Crippen molar-refractivity contribution in [2.24, 2.45) is 0 Å². The first kappa shape index (κ1) is 18.4. The molecule has 138 valence electrons. The molecule has 1 fully saturated rings. The summed E-state index contributed by atoms with van der Waals surface area (Å²) in [7, 11) is 0. The molecule has 0 bridgehead atoms. The quantitative estimate of drug-likeness (QED) is 0.812. The number of hydrogen-bond donors (Lipinski definition) is 1. The van der Waals surface area contributed by atoms with Crippen molar-refractivity contribution in [2.75, 3.05) is 39.4 Å². The van der Waals surface area contributed by atoms with Gasteiger partial charge in [-0.1, -0.05) is 18.2 Å². The number of amides is 1. The molecule has 1 saturated heterocycles. The molecule has 0 saturated carbocycles. The topological polar surface area (TPSA) is 46.5 Å². The highest BCUT2D eigenvalue weighted by molar-refractivity contribution is 5.91. The number of hydrogen-bond acceptors (Lipinski definition) is 3. The van der Waals surface area contributed by atoms with Gasteiger partial charge in [-0.3, -0.25) is 9.69 Å². The summed E-state index contributed by atoms with van der Waals surface area (Å²) in [5.41, 5.74) is 4.49. The van der Waals surface area contributed by atoms with E-state index in [1.54, 1.807) is 6.08 Å². The molecule has 5 nitrogen and oxygen atoms in total. The summed E-state index contributed by atoms with van der Waals surface area (Å²) in [6, 6.07) is 12.4. The van der Waals surface area contributed by atoms with Crippen molar-refractivity contribution < 1.29 is 9.53 Å². The number of aromatic nitrogens is 1. The second-order valence-electron chi connectivity index (χ2n) is 6.58. The van der Waals surface area contributed by atoms with Crippen LogP contribution in [0.25, 0.3) is 11.8 Å². The number of para-hydroxylation sites is 1. The summed E-state index contributed by atoms with van der Waals surface area (Å²) in [5.74, 6) is -0.0530. The summed E-state index contributed by atoms with van der Waals surface area (Å²) < 4.78 is 7.53. The molecule has 0 spiro atoms. The molecule has 2 aromatic rings. The van der Waals surface area contributed by atoms with Crippen LogP contribution in [0.15, 0.2) is 42.5 Å². The van der Waals surface area contributed by atoms with E-state index in [4.69, 9.17) is 4.74 Å². The van der Waals surface area contributed by atoms with E-state index in [1.807, 2.05) is 24.3 Å². The third kappa shape index (κ3) is 4.62. The second kappa shape index (κ2) is 8.83. The number of nitrogens with zero attached hydrogens (tertiary/aromatic N) is 2. The predicted molar refractivity (Wildman–Crippen MR) is 105 cm³/mol. The first-order valence-electron chi connectivity index (χ1n) is 9.15. The Hall–Kier alpha value is -2.37. The molecule has 2 heterocycles. The van der Waals surface area contributed by atoms with Crippen molar-refractivity contribution in [3.63, 3.8) is 0 Å². The van der Waals surface area contributed by atoms with Crippen LogP contribution >= 0.6 is 0 Å². The Labute approximate surface area is 155 Å². The van der Waals surface area contributed by atoms with E-state index in [9.17, 15) is 4.79 Å². The molecule has 3 rings (SSSR count). The van der Waals surface area contributed by atoms with Gasteiger partial charge in [0.2, 0.25) is 5.91 Å². The lowest BCUT2D eigenvalue weighted by molar-refractivity contribution is -0.116. The lowest BCUT2D eigenvalue weighted by atomic mass is 10.2. The molecular weight excluding hydrogens is 326 g/mol. The maximum atomic E-state index is 12.1. The molecule has 26 heavy (non-hydrogen) atoms. The van der Waals surface area contributed by atoms with Gasteiger partial charge < -0.3 is 14.6 Å². The average molecular weight is 353 g/mol. The highest BCUT2D eigenvalue weighted by Gasteiger charge is 2.10. The molecule has 1 aromatic carbocycles. The second-order valence-corrected chi connectivity index (χ2v) is 6.58. The van der Waals surface area contributed by atoms with Gasteiger partial charge in [-0.05, 0) is 43.7 Å². The van der Waals surface area contributed by atoms with Crippen LogP contribution in [0.2, 0.25) is 0 Å². The summed E-state index contributed by atoms with van der Waals surface area (Å²) in [6.07, 6.45) is 3.52. The van der Waals surface area contributed by atoms with Gasteiger partial charge in [0.05, 0.1) is 13.2 Å². The zero-order chi connectivity index (χ0) is 18.4. The molecule has 1 amide bonds. The first-order chi connectivity index (χ1) is 12.6. The molecule has 1 aliphatic rings. The maximum absolute atomic E-state index is 12.1. The third-order valence-corrected chi connectivity index (χ3v) is 4.73. The van der Waals surface area contributed by atoms with E-state index in [-0.39, 0.29) is 5.91 Å². The Kier molecular flexibility index (Phi) is 6.26.